The Bertz CT molecular complexity index is 464. The number of nitrogens with zero attached hydrogens (tertiary/aromatic N) is 2. The molecular formula is C12H17N3OS. The van der Waals surface area contributed by atoms with E-state index >= 15 is 0 Å². The van der Waals surface area contributed by atoms with E-state index in [0.29, 0.717) is 18.6 Å². The first-order chi connectivity index (χ1) is 8.36. The highest BCUT2D eigenvalue weighted by molar-refractivity contribution is 7.15. The predicted octanol–water partition coefficient (Wildman–Crippen LogP) is 1.65. The number of aliphatic hydroxyl groups is 1. The molecule has 0 bridgehead atoms. The Morgan fingerprint density at radius 2 is 2.47 bits per heavy atom. The Kier molecular flexibility index (Phi) is 3.13. The first-order valence-electron chi connectivity index (χ1n) is 6.12. The van der Waals surface area contributed by atoms with Gasteiger partial charge in [-0.3, -0.25) is 4.40 Å². The summed E-state index contributed by atoms with van der Waals surface area (Å²) in [7, 11) is 0. The van der Waals surface area contributed by atoms with Crippen molar-refractivity contribution in [3.63, 3.8) is 0 Å². The van der Waals surface area contributed by atoms with Crippen LogP contribution in [0.5, 0.6) is 0 Å². The van der Waals surface area contributed by atoms with Gasteiger partial charge in [-0.1, -0.05) is 6.42 Å². The second-order valence-corrected chi connectivity index (χ2v) is 5.56. The maximum Gasteiger partial charge on any atom is 0.193 e. The van der Waals surface area contributed by atoms with Crippen molar-refractivity contribution < 1.29 is 5.11 Å². The quantitative estimate of drug-likeness (QED) is 0.868. The lowest BCUT2D eigenvalue weighted by atomic mass is 10.1. The highest BCUT2D eigenvalue weighted by Gasteiger charge is 2.25. The van der Waals surface area contributed by atoms with Crippen LogP contribution >= 0.6 is 11.3 Å². The minimum Gasteiger partial charge on any atom is -0.396 e. The minimum atomic E-state index is 0.302. The summed E-state index contributed by atoms with van der Waals surface area (Å²) in [4.78, 5) is 5.59. The van der Waals surface area contributed by atoms with Gasteiger partial charge in [-0.25, -0.2) is 4.98 Å². The van der Waals surface area contributed by atoms with Crippen molar-refractivity contribution >= 4 is 16.3 Å². The standard InChI is InChI=1S/C12H17N3OS/c16-8-9-2-1-3-11(9)13-6-10-7-15-4-5-17-12(15)14-10/h4-5,7,9,11,13,16H,1-3,6,8H2. The second-order valence-electron chi connectivity index (χ2n) is 4.69. The third kappa shape index (κ3) is 2.22. The number of hydrogen-bond acceptors (Lipinski definition) is 4. The average Bonchev–Trinajstić information content (AvgIpc) is 3.00. The van der Waals surface area contributed by atoms with E-state index in [-0.39, 0.29) is 0 Å². The van der Waals surface area contributed by atoms with Crippen molar-refractivity contribution in [2.45, 2.75) is 31.8 Å². The molecule has 0 radical (unpaired) electrons. The molecule has 2 unspecified atom stereocenters. The van der Waals surface area contributed by atoms with Crippen molar-refractivity contribution in [1.82, 2.24) is 14.7 Å². The van der Waals surface area contributed by atoms with Crippen molar-refractivity contribution in [3.05, 3.63) is 23.5 Å². The summed E-state index contributed by atoms with van der Waals surface area (Å²) in [6.45, 7) is 1.10. The van der Waals surface area contributed by atoms with Crippen molar-refractivity contribution in [3.8, 4) is 0 Å². The largest absolute Gasteiger partial charge is 0.396 e. The summed E-state index contributed by atoms with van der Waals surface area (Å²) in [6, 6.07) is 0.458. The molecule has 3 rings (SSSR count). The van der Waals surface area contributed by atoms with Gasteiger partial charge in [0.1, 0.15) is 0 Å². The highest BCUT2D eigenvalue weighted by atomic mass is 32.1. The summed E-state index contributed by atoms with van der Waals surface area (Å²) in [6.07, 6.45) is 7.64. The molecule has 17 heavy (non-hydrogen) atoms. The van der Waals surface area contributed by atoms with Gasteiger partial charge in [-0.15, -0.1) is 11.3 Å². The molecule has 5 heteroatoms. The van der Waals surface area contributed by atoms with Crippen LogP contribution in [0.15, 0.2) is 17.8 Å². The van der Waals surface area contributed by atoms with Crippen molar-refractivity contribution in [2.75, 3.05) is 6.61 Å². The topological polar surface area (TPSA) is 49.6 Å². The van der Waals surface area contributed by atoms with Crippen LogP contribution in [0.25, 0.3) is 4.96 Å². The summed E-state index contributed by atoms with van der Waals surface area (Å²) in [5, 5.41) is 14.8. The zero-order valence-corrected chi connectivity index (χ0v) is 10.5. The van der Waals surface area contributed by atoms with Crippen LogP contribution in [-0.4, -0.2) is 27.1 Å². The third-order valence-corrected chi connectivity index (χ3v) is 4.35. The third-order valence-electron chi connectivity index (χ3n) is 3.58. The van der Waals surface area contributed by atoms with Crippen LogP contribution in [0.3, 0.4) is 0 Å². The molecule has 0 aromatic carbocycles. The highest BCUT2D eigenvalue weighted by Crippen LogP contribution is 2.25. The molecule has 1 saturated carbocycles. The lowest BCUT2D eigenvalue weighted by Gasteiger charge is -2.18. The number of thiazole rings is 1. The molecule has 0 spiro atoms. The number of hydrogen-bond donors (Lipinski definition) is 2. The van der Waals surface area contributed by atoms with E-state index in [0.717, 1.165) is 23.6 Å². The summed E-state index contributed by atoms with van der Waals surface area (Å²) >= 11 is 1.66. The molecular weight excluding hydrogens is 234 g/mol. The van der Waals surface area contributed by atoms with Crippen LogP contribution in [0.1, 0.15) is 25.0 Å². The molecule has 1 aliphatic carbocycles. The number of imidazole rings is 1. The zero-order valence-electron chi connectivity index (χ0n) is 9.67. The van der Waals surface area contributed by atoms with E-state index in [1.54, 1.807) is 11.3 Å². The molecule has 2 aromatic rings. The number of fused-ring (bicyclic) bond motifs is 1. The van der Waals surface area contributed by atoms with E-state index in [2.05, 4.69) is 20.9 Å². The fourth-order valence-electron chi connectivity index (χ4n) is 2.62. The Hall–Kier alpha value is -0.910. The first kappa shape index (κ1) is 11.2. The van der Waals surface area contributed by atoms with E-state index in [1.807, 2.05) is 11.6 Å². The minimum absolute atomic E-state index is 0.302. The predicted molar refractivity (Wildman–Crippen MR) is 68.1 cm³/mol. The van der Waals surface area contributed by atoms with Gasteiger partial charge in [0.25, 0.3) is 0 Å². The van der Waals surface area contributed by atoms with Gasteiger partial charge in [-0.2, -0.15) is 0 Å². The lowest BCUT2D eigenvalue weighted by Crippen LogP contribution is -2.33. The number of aromatic nitrogens is 2. The van der Waals surface area contributed by atoms with Gasteiger partial charge in [0, 0.05) is 37.0 Å². The van der Waals surface area contributed by atoms with E-state index < -0.39 is 0 Å². The lowest BCUT2D eigenvalue weighted by molar-refractivity contribution is 0.205. The Balaban J connectivity index is 1.62. The van der Waals surface area contributed by atoms with Crippen LogP contribution in [-0.2, 0) is 6.54 Å². The number of aliphatic hydroxyl groups excluding tert-OH is 1. The molecule has 1 fully saturated rings. The monoisotopic (exact) mass is 251 g/mol. The normalized spacial score (nSPS) is 24.8. The van der Waals surface area contributed by atoms with Gasteiger partial charge in [0.15, 0.2) is 4.96 Å². The Morgan fingerprint density at radius 1 is 1.53 bits per heavy atom. The fourth-order valence-corrected chi connectivity index (χ4v) is 3.34. The molecule has 1 aliphatic rings. The molecule has 0 amide bonds. The van der Waals surface area contributed by atoms with Crippen LogP contribution in [0, 0.1) is 5.92 Å². The average molecular weight is 251 g/mol. The maximum absolute atomic E-state index is 9.26. The Labute approximate surface area is 104 Å². The van der Waals surface area contributed by atoms with Gasteiger partial charge in [0.2, 0.25) is 0 Å². The molecule has 0 saturated heterocycles. The molecule has 0 aliphatic heterocycles. The van der Waals surface area contributed by atoms with E-state index in [1.165, 1.54) is 12.8 Å². The zero-order chi connectivity index (χ0) is 11.7. The van der Waals surface area contributed by atoms with Crippen LogP contribution in [0.4, 0.5) is 0 Å². The van der Waals surface area contributed by atoms with Gasteiger partial charge >= 0.3 is 0 Å². The first-order valence-corrected chi connectivity index (χ1v) is 7.00. The molecule has 92 valence electrons. The molecule has 2 atom stereocenters. The van der Waals surface area contributed by atoms with Crippen molar-refractivity contribution in [1.29, 1.82) is 0 Å². The van der Waals surface area contributed by atoms with Gasteiger partial charge in [0.05, 0.1) is 5.69 Å². The maximum atomic E-state index is 9.26. The fraction of sp³-hybridized carbons (Fsp3) is 0.583. The molecule has 4 nitrogen and oxygen atoms in total. The second kappa shape index (κ2) is 4.76. The van der Waals surface area contributed by atoms with E-state index in [9.17, 15) is 5.11 Å². The molecule has 2 aromatic heterocycles. The van der Waals surface area contributed by atoms with Crippen LogP contribution in [0.2, 0.25) is 0 Å². The van der Waals surface area contributed by atoms with Crippen molar-refractivity contribution in [2.24, 2.45) is 5.92 Å². The Morgan fingerprint density at radius 3 is 3.29 bits per heavy atom. The van der Waals surface area contributed by atoms with Gasteiger partial charge < -0.3 is 10.4 Å². The number of rotatable bonds is 4. The molecule has 2 heterocycles. The summed E-state index contributed by atoms with van der Waals surface area (Å²) < 4.78 is 2.06. The number of nitrogens with one attached hydrogen (secondary N) is 1. The summed E-state index contributed by atoms with van der Waals surface area (Å²) in [5.74, 6) is 0.429. The van der Waals surface area contributed by atoms with Gasteiger partial charge in [-0.05, 0) is 18.8 Å². The molecule has 2 N–H and O–H groups in total. The summed E-state index contributed by atoms with van der Waals surface area (Å²) in [5.41, 5.74) is 1.08. The van der Waals surface area contributed by atoms with E-state index in [4.69, 9.17) is 0 Å². The SMILES string of the molecule is OCC1CCCC1NCc1cn2ccsc2n1. The smallest absolute Gasteiger partial charge is 0.193 e. The van der Waals surface area contributed by atoms with Crippen LogP contribution < -0.4 is 5.32 Å².